The molecule has 1 rings (SSSR count). The van der Waals surface area contributed by atoms with E-state index in [2.05, 4.69) is 10.6 Å². The molecule has 0 aliphatic carbocycles. The maximum Gasteiger partial charge on any atom is 0.292 e. The van der Waals surface area contributed by atoms with Crippen LogP contribution in [0.4, 0.5) is 11.4 Å². The smallest absolute Gasteiger partial charge is 0.292 e. The molecule has 1 aromatic rings. The third kappa shape index (κ3) is 4.44. The molecular formula is C15H23N3O3. The van der Waals surface area contributed by atoms with Crippen molar-refractivity contribution in [2.24, 2.45) is 5.92 Å². The zero-order chi connectivity index (χ0) is 16.0. The fourth-order valence-electron chi connectivity index (χ4n) is 2.16. The van der Waals surface area contributed by atoms with Gasteiger partial charge in [0, 0.05) is 24.2 Å². The third-order valence-electron chi connectivity index (χ3n) is 3.38. The lowest BCUT2D eigenvalue weighted by Gasteiger charge is -2.20. The summed E-state index contributed by atoms with van der Waals surface area (Å²) >= 11 is 0. The number of nitro groups is 1. The molecule has 6 heteroatoms. The minimum atomic E-state index is -0.456. The number of nitrogens with one attached hydrogen (secondary N) is 2. The Kier molecular flexibility index (Phi) is 6.14. The summed E-state index contributed by atoms with van der Waals surface area (Å²) in [7, 11) is 0. The van der Waals surface area contributed by atoms with Crippen molar-refractivity contribution in [3.05, 3.63) is 33.9 Å². The van der Waals surface area contributed by atoms with Crippen LogP contribution in [0.3, 0.4) is 0 Å². The molecule has 1 unspecified atom stereocenters. The van der Waals surface area contributed by atoms with Crippen molar-refractivity contribution in [2.45, 2.75) is 40.2 Å². The average molecular weight is 293 g/mol. The topological polar surface area (TPSA) is 84.3 Å². The number of rotatable bonds is 7. The maximum absolute atomic E-state index is 12.2. The van der Waals surface area contributed by atoms with Gasteiger partial charge < -0.3 is 10.6 Å². The first-order valence-electron chi connectivity index (χ1n) is 7.23. The van der Waals surface area contributed by atoms with Gasteiger partial charge in [-0.3, -0.25) is 14.9 Å². The van der Waals surface area contributed by atoms with E-state index >= 15 is 0 Å². The van der Waals surface area contributed by atoms with Gasteiger partial charge in [0.15, 0.2) is 0 Å². The lowest BCUT2D eigenvalue weighted by atomic mass is 10.0. The van der Waals surface area contributed by atoms with E-state index in [0.717, 1.165) is 6.42 Å². The molecule has 6 nitrogen and oxygen atoms in total. The van der Waals surface area contributed by atoms with Crippen LogP contribution in [-0.4, -0.2) is 23.4 Å². The molecule has 0 aromatic heterocycles. The fourth-order valence-corrected chi connectivity index (χ4v) is 2.16. The Labute approximate surface area is 125 Å². The Morgan fingerprint density at radius 1 is 1.33 bits per heavy atom. The summed E-state index contributed by atoms with van der Waals surface area (Å²) in [6, 6.07) is 4.48. The Bertz CT molecular complexity index is 515. The van der Waals surface area contributed by atoms with E-state index < -0.39 is 4.92 Å². The van der Waals surface area contributed by atoms with Gasteiger partial charge in [-0.2, -0.15) is 0 Å². The molecule has 21 heavy (non-hydrogen) atoms. The number of anilines is 1. The Balaban J connectivity index is 3.00. The molecule has 0 aliphatic heterocycles. The molecule has 0 spiro atoms. The van der Waals surface area contributed by atoms with E-state index in [1.165, 1.54) is 18.2 Å². The number of nitrogens with zero attached hydrogens (tertiary/aromatic N) is 1. The van der Waals surface area contributed by atoms with Crippen molar-refractivity contribution >= 4 is 17.3 Å². The molecule has 0 fully saturated rings. The maximum atomic E-state index is 12.2. The molecule has 1 aromatic carbocycles. The zero-order valence-corrected chi connectivity index (χ0v) is 13.0. The largest absolute Gasteiger partial charge is 0.380 e. The van der Waals surface area contributed by atoms with Gasteiger partial charge in [-0.25, -0.2) is 0 Å². The predicted octanol–water partition coefficient (Wildman–Crippen LogP) is 3.19. The Morgan fingerprint density at radius 2 is 2.00 bits per heavy atom. The normalized spacial score (nSPS) is 12.0. The van der Waals surface area contributed by atoms with Gasteiger partial charge in [0.05, 0.1) is 4.92 Å². The lowest BCUT2D eigenvalue weighted by molar-refractivity contribution is -0.384. The quantitative estimate of drug-likeness (QED) is 0.597. The van der Waals surface area contributed by atoms with Crippen molar-refractivity contribution in [1.29, 1.82) is 0 Å². The van der Waals surface area contributed by atoms with E-state index in [9.17, 15) is 14.9 Å². The van der Waals surface area contributed by atoms with E-state index in [0.29, 0.717) is 23.7 Å². The molecule has 2 N–H and O–H groups in total. The van der Waals surface area contributed by atoms with E-state index in [1.54, 1.807) is 0 Å². The van der Waals surface area contributed by atoms with Crippen LogP contribution in [0.15, 0.2) is 18.2 Å². The molecule has 0 heterocycles. The highest BCUT2D eigenvalue weighted by Gasteiger charge is 2.19. The molecule has 1 amide bonds. The Morgan fingerprint density at radius 3 is 2.48 bits per heavy atom. The Hall–Kier alpha value is -2.11. The molecule has 0 saturated heterocycles. The van der Waals surface area contributed by atoms with Crippen LogP contribution in [0.1, 0.15) is 44.5 Å². The molecular weight excluding hydrogens is 270 g/mol. The van der Waals surface area contributed by atoms with Crippen molar-refractivity contribution < 1.29 is 9.72 Å². The average Bonchev–Trinajstić information content (AvgIpc) is 2.44. The van der Waals surface area contributed by atoms with E-state index in [4.69, 9.17) is 0 Å². The summed E-state index contributed by atoms with van der Waals surface area (Å²) in [6.45, 7) is 8.52. The van der Waals surface area contributed by atoms with E-state index in [-0.39, 0.29) is 17.6 Å². The van der Waals surface area contributed by atoms with Crippen molar-refractivity contribution in [2.75, 3.05) is 11.9 Å². The summed E-state index contributed by atoms with van der Waals surface area (Å²) in [5.41, 5.74) is 0.771. The van der Waals surface area contributed by atoms with Gasteiger partial charge in [0.25, 0.3) is 11.6 Å². The number of carbonyl (C=O) groups excluding carboxylic acids is 1. The van der Waals surface area contributed by atoms with Crippen molar-refractivity contribution in [1.82, 2.24) is 5.32 Å². The summed E-state index contributed by atoms with van der Waals surface area (Å²) in [5, 5.41) is 16.8. The van der Waals surface area contributed by atoms with Crippen LogP contribution in [0.25, 0.3) is 0 Å². The second kappa shape index (κ2) is 7.61. The van der Waals surface area contributed by atoms with Gasteiger partial charge in [-0.05, 0) is 31.4 Å². The minimum absolute atomic E-state index is 0.0238. The van der Waals surface area contributed by atoms with Gasteiger partial charge >= 0.3 is 0 Å². The number of amides is 1. The fraction of sp³-hybridized carbons (Fsp3) is 0.533. The highest BCUT2D eigenvalue weighted by atomic mass is 16.6. The van der Waals surface area contributed by atoms with Gasteiger partial charge in [0.1, 0.15) is 5.69 Å². The first kappa shape index (κ1) is 16.9. The van der Waals surface area contributed by atoms with Gasteiger partial charge in [0.2, 0.25) is 0 Å². The molecule has 0 aliphatic rings. The number of carbonyl (C=O) groups is 1. The summed E-state index contributed by atoms with van der Waals surface area (Å²) in [4.78, 5) is 22.7. The van der Waals surface area contributed by atoms with Crippen molar-refractivity contribution in [3.8, 4) is 0 Å². The van der Waals surface area contributed by atoms with Crippen LogP contribution in [0.2, 0.25) is 0 Å². The van der Waals surface area contributed by atoms with Crippen LogP contribution < -0.4 is 10.6 Å². The number of nitro benzene ring substituents is 1. The van der Waals surface area contributed by atoms with E-state index in [1.807, 2.05) is 27.7 Å². The highest BCUT2D eigenvalue weighted by Crippen LogP contribution is 2.25. The van der Waals surface area contributed by atoms with Crippen LogP contribution in [-0.2, 0) is 0 Å². The molecule has 116 valence electrons. The number of benzene rings is 1. The third-order valence-corrected chi connectivity index (χ3v) is 3.38. The number of hydrogen-bond donors (Lipinski definition) is 2. The molecule has 0 radical (unpaired) electrons. The second-order valence-corrected chi connectivity index (χ2v) is 5.25. The number of hydrogen-bond acceptors (Lipinski definition) is 4. The van der Waals surface area contributed by atoms with Crippen LogP contribution in [0, 0.1) is 16.0 Å². The molecule has 0 saturated carbocycles. The standard InChI is InChI=1S/C15H23N3O3/c1-5-12(10(3)4)17-15(19)11-7-8-14(18(20)21)13(9-11)16-6-2/h7-10,12,16H,5-6H2,1-4H3,(H,17,19). The van der Waals surface area contributed by atoms with Crippen molar-refractivity contribution in [3.63, 3.8) is 0 Å². The summed E-state index contributed by atoms with van der Waals surface area (Å²) < 4.78 is 0. The predicted molar refractivity (Wildman–Crippen MR) is 83.6 cm³/mol. The SMILES string of the molecule is CCNc1cc(C(=O)NC(CC)C(C)C)ccc1[N+](=O)[O-]. The van der Waals surface area contributed by atoms with Crippen LogP contribution in [0.5, 0.6) is 0 Å². The summed E-state index contributed by atoms with van der Waals surface area (Å²) in [6.07, 6.45) is 0.844. The lowest BCUT2D eigenvalue weighted by Crippen LogP contribution is -2.38. The molecule has 1 atom stereocenters. The molecule has 0 bridgehead atoms. The zero-order valence-electron chi connectivity index (χ0n) is 13.0. The van der Waals surface area contributed by atoms with Gasteiger partial charge in [-0.15, -0.1) is 0 Å². The van der Waals surface area contributed by atoms with Crippen LogP contribution >= 0.6 is 0 Å². The minimum Gasteiger partial charge on any atom is -0.380 e. The van der Waals surface area contributed by atoms with Gasteiger partial charge in [-0.1, -0.05) is 20.8 Å². The second-order valence-electron chi connectivity index (χ2n) is 5.25. The monoisotopic (exact) mass is 293 g/mol. The summed E-state index contributed by atoms with van der Waals surface area (Å²) in [5.74, 6) is 0.134. The first-order chi connectivity index (χ1) is 9.90. The first-order valence-corrected chi connectivity index (χ1v) is 7.23. The highest BCUT2D eigenvalue weighted by molar-refractivity contribution is 5.96.